The molecule has 1 atom stereocenters. The molecule has 0 saturated carbocycles. The number of nitriles is 1. The van der Waals surface area contributed by atoms with Gasteiger partial charge in [-0.05, 0) is 59.8 Å². The molecule has 0 unspecified atom stereocenters. The summed E-state index contributed by atoms with van der Waals surface area (Å²) >= 11 is 0. The molecule has 0 bridgehead atoms. The second-order valence-electron chi connectivity index (χ2n) is 8.20. The molecule has 0 fully saturated rings. The summed E-state index contributed by atoms with van der Waals surface area (Å²) < 4.78 is 6.05. The highest BCUT2D eigenvalue weighted by Gasteiger charge is 2.13. The van der Waals surface area contributed by atoms with Gasteiger partial charge in [-0.25, -0.2) is 0 Å². The average Bonchev–Trinajstić information content (AvgIpc) is 2.86. The minimum Gasteiger partial charge on any atom is -0.487 e. The number of nitrogens with zero attached hydrogens (tertiary/aromatic N) is 1. The number of pyridine rings is 1. The zero-order chi connectivity index (χ0) is 23.0. The maximum atomic E-state index is 12.0. The lowest BCUT2D eigenvalue weighted by atomic mass is 9.96. The van der Waals surface area contributed by atoms with Crippen molar-refractivity contribution >= 4 is 10.9 Å². The summed E-state index contributed by atoms with van der Waals surface area (Å²) in [5.74, 6) is 0.929. The lowest BCUT2D eigenvalue weighted by Gasteiger charge is -2.18. The van der Waals surface area contributed by atoms with Crippen LogP contribution in [0, 0.1) is 11.3 Å². The van der Waals surface area contributed by atoms with E-state index in [-0.39, 0.29) is 11.5 Å². The molecule has 1 aromatic heterocycles. The molecule has 33 heavy (non-hydrogen) atoms. The first-order valence-electron chi connectivity index (χ1n) is 11.2. The Morgan fingerprint density at radius 3 is 2.52 bits per heavy atom. The molecule has 0 saturated heterocycles. The molecule has 0 aliphatic rings. The van der Waals surface area contributed by atoms with E-state index in [1.807, 2.05) is 66.7 Å². The Hall–Kier alpha value is -3.88. The predicted molar refractivity (Wildman–Crippen MR) is 131 cm³/mol. The molecule has 5 nitrogen and oxygen atoms in total. The third-order valence-electron chi connectivity index (χ3n) is 5.78. The molecule has 2 N–H and O–H groups in total. The number of nitrogens with one attached hydrogen (secondary N) is 2. The molecule has 0 aliphatic heterocycles. The first kappa shape index (κ1) is 22.3. The van der Waals surface area contributed by atoms with Crippen LogP contribution in [-0.4, -0.2) is 18.1 Å². The fourth-order valence-electron chi connectivity index (χ4n) is 3.94. The Labute approximate surface area is 193 Å². The zero-order valence-corrected chi connectivity index (χ0v) is 18.7. The third kappa shape index (κ3) is 5.68. The number of hydrogen-bond donors (Lipinski definition) is 2. The van der Waals surface area contributed by atoms with Crippen LogP contribution in [0.1, 0.15) is 35.1 Å². The second-order valence-corrected chi connectivity index (χ2v) is 8.20. The van der Waals surface area contributed by atoms with Gasteiger partial charge >= 0.3 is 0 Å². The summed E-state index contributed by atoms with van der Waals surface area (Å²) in [5, 5.41) is 13.4. The van der Waals surface area contributed by atoms with Crippen molar-refractivity contribution in [2.75, 3.05) is 13.1 Å². The number of H-pyrrole nitrogens is 1. The molecule has 0 spiro atoms. The normalized spacial score (nSPS) is 11.8. The Morgan fingerprint density at radius 1 is 0.970 bits per heavy atom. The minimum absolute atomic E-state index is 0.141. The van der Waals surface area contributed by atoms with Crippen LogP contribution in [0.5, 0.6) is 5.75 Å². The molecule has 3 aromatic carbocycles. The zero-order valence-electron chi connectivity index (χ0n) is 18.7. The Bertz CT molecular complexity index is 1310. The molecule has 1 heterocycles. The maximum Gasteiger partial charge on any atom is 0.248 e. The highest BCUT2D eigenvalue weighted by molar-refractivity contribution is 5.87. The van der Waals surface area contributed by atoms with Crippen molar-refractivity contribution in [1.29, 1.82) is 5.26 Å². The van der Waals surface area contributed by atoms with E-state index in [4.69, 9.17) is 10.00 Å². The van der Waals surface area contributed by atoms with Gasteiger partial charge < -0.3 is 15.0 Å². The summed E-state index contributed by atoms with van der Waals surface area (Å²) in [6.07, 6.45) is 0.902. The van der Waals surface area contributed by atoms with Crippen LogP contribution < -0.4 is 15.6 Å². The van der Waals surface area contributed by atoms with Crippen LogP contribution in [0.15, 0.2) is 83.7 Å². The third-order valence-corrected chi connectivity index (χ3v) is 5.78. The van der Waals surface area contributed by atoms with E-state index in [1.165, 1.54) is 11.1 Å². The number of rotatable bonds is 9. The fraction of sp³-hybridized carbons (Fsp3) is 0.214. The minimum atomic E-state index is -0.141. The van der Waals surface area contributed by atoms with E-state index in [2.05, 4.69) is 29.4 Å². The van der Waals surface area contributed by atoms with E-state index in [0.717, 1.165) is 36.0 Å². The lowest BCUT2D eigenvalue weighted by Crippen LogP contribution is -2.23. The Balaban J connectivity index is 1.43. The molecule has 4 aromatic rings. The van der Waals surface area contributed by atoms with E-state index in [0.29, 0.717) is 17.9 Å². The predicted octanol–water partition coefficient (Wildman–Crippen LogP) is 4.91. The van der Waals surface area contributed by atoms with Gasteiger partial charge in [0.25, 0.3) is 0 Å². The van der Waals surface area contributed by atoms with Crippen molar-refractivity contribution in [3.63, 3.8) is 0 Å². The first-order chi connectivity index (χ1) is 16.1. The molecule has 0 aliphatic carbocycles. The van der Waals surface area contributed by atoms with Crippen molar-refractivity contribution in [2.24, 2.45) is 0 Å². The van der Waals surface area contributed by atoms with Gasteiger partial charge in [0.1, 0.15) is 12.4 Å². The van der Waals surface area contributed by atoms with Crippen LogP contribution >= 0.6 is 0 Å². The van der Waals surface area contributed by atoms with Crippen LogP contribution in [0.2, 0.25) is 0 Å². The summed E-state index contributed by atoms with van der Waals surface area (Å²) in [6, 6.07) is 27.3. The van der Waals surface area contributed by atoms with Crippen LogP contribution in [-0.2, 0) is 13.0 Å². The highest BCUT2D eigenvalue weighted by Crippen LogP contribution is 2.30. The van der Waals surface area contributed by atoms with Gasteiger partial charge in [-0.3, -0.25) is 4.79 Å². The van der Waals surface area contributed by atoms with Gasteiger partial charge in [-0.2, -0.15) is 5.26 Å². The van der Waals surface area contributed by atoms with Crippen LogP contribution in [0.25, 0.3) is 10.9 Å². The summed E-state index contributed by atoms with van der Waals surface area (Å²) in [5.41, 5.74) is 4.73. The van der Waals surface area contributed by atoms with E-state index < -0.39 is 0 Å². The first-order valence-corrected chi connectivity index (χ1v) is 11.2. The molecular weight excluding hydrogens is 410 g/mol. The van der Waals surface area contributed by atoms with Crippen LogP contribution in [0.3, 0.4) is 0 Å². The number of benzene rings is 3. The molecule has 4 rings (SSSR count). The maximum absolute atomic E-state index is 12.0. The van der Waals surface area contributed by atoms with Crippen molar-refractivity contribution in [3.05, 3.63) is 111 Å². The van der Waals surface area contributed by atoms with Crippen molar-refractivity contribution in [3.8, 4) is 11.8 Å². The molecular formula is C28H27N3O2. The average molecular weight is 438 g/mol. The molecule has 166 valence electrons. The molecule has 5 heteroatoms. The monoisotopic (exact) mass is 437 g/mol. The SMILES string of the molecule is C[C@@H](CNCCc1ccc(C#N)cc1)c1ccc(OCc2ccccc2)c2[nH]c(=O)ccc12. The number of aromatic amines is 1. The number of fused-ring (bicyclic) bond motifs is 1. The summed E-state index contributed by atoms with van der Waals surface area (Å²) in [4.78, 5) is 15.0. The topological polar surface area (TPSA) is 77.9 Å². The van der Waals surface area contributed by atoms with Crippen molar-refractivity contribution < 1.29 is 4.74 Å². The Morgan fingerprint density at radius 2 is 1.76 bits per heavy atom. The number of aromatic nitrogens is 1. The summed E-state index contributed by atoms with van der Waals surface area (Å²) in [7, 11) is 0. The van der Waals surface area contributed by atoms with Crippen molar-refractivity contribution in [1.82, 2.24) is 10.3 Å². The number of ether oxygens (including phenoxy) is 1. The van der Waals surface area contributed by atoms with Crippen molar-refractivity contribution in [2.45, 2.75) is 25.9 Å². The highest BCUT2D eigenvalue weighted by atomic mass is 16.5. The van der Waals surface area contributed by atoms with E-state index >= 15 is 0 Å². The summed E-state index contributed by atoms with van der Waals surface area (Å²) in [6.45, 7) is 4.29. The van der Waals surface area contributed by atoms with Crippen LogP contribution in [0.4, 0.5) is 0 Å². The Kier molecular flexibility index (Phi) is 7.19. The molecule has 0 amide bonds. The number of hydrogen-bond acceptors (Lipinski definition) is 4. The van der Waals surface area contributed by atoms with Gasteiger partial charge in [0, 0.05) is 18.0 Å². The quantitative estimate of drug-likeness (QED) is 0.365. The molecule has 0 radical (unpaired) electrons. The van der Waals surface area contributed by atoms with Gasteiger partial charge in [-0.15, -0.1) is 0 Å². The fourth-order valence-corrected chi connectivity index (χ4v) is 3.94. The van der Waals surface area contributed by atoms with Gasteiger partial charge in [0.15, 0.2) is 0 Å². The largest absolute Gasteiger partial charge is 0.487 e. The standard InChI is InChI=1S/C28H27N3O2/c1-20(18-30-16-15-21-7-9-22(17-29)10-8-21)24-11-13-26(28-25(24)12-14-27(32)31-28)33-19-23-5-3-2-4-6-23/h2-14,20,30H,15-16,18-19H2,1H3,(H,31,32)/t20-/m0/s1. The second kappa shape index (κ2) is 10.6. The lowest BCUT2D eigenvalue weighted by molar-refractivity contribution is 0.309. The van der Waals surface area contributed by atoms with Gasteiger partial charge in [0.2, 0.25) is 5.56 Å². The van der Waals surface area contributed by atoms with Gasteiger partial charge in [0.05, 0.1) is 17.1 Å². The van der Waals surface area contributed by atoms with E-state index in [1.54, 1.807) is 6.07 Å². The van der Waals surface area contributed by atoms with E-state index in [9.17, 15) is 4.79 Å². The van der Waals surface area contributed by atoms with Gasteiger partial charge in [-0.1, -0.05) is 55.5 Å². The smallest absolute Gasteiger partial charge is 0.248 e.